The molecule has 1 aromatic carbocycles. The van der Waals surface area contributed by atoms with Gasteiger partial charge in [0.15, 0.2) is 0 Å². The highest BCUT2D eigenvalue weighted by Crippen LogP contribution is 2.31. The number of hydrogen-bond donors (Lipinski definition) is 1. The van der Waals surface area contributed by atoms with Crippen molar-refractivity contribution in [2.24, 2.45) is 0 Å². The summed E-state index contributed by atoms with van der Waals surface area (Å²) in [6.45, 7) is 2.38. The lowest BCUT2D eigenvalue weighted by Gasteiger charge is -2.20. The summed E-state index contributed by atoms with van der Waals surface area (Å²) in [5.41, 5.74) is 1.36. The Morgan fingerprint density at radius 1 is 1.23 bits per heavy atom. The summed E-state index contributed by atoms with van der Waals surface area (Å²) in [5, 5.41) is 11.5. The summed E-state index contributed by atoms with van der Waals surface area (Å²) in [5.74, 6) is 0.287. The van der Waals surface area contributed by atoms with Crippen LogP contribution in [0.2, 0.25) is 0 Å². The Kier molecular flexibility index (Phi) is 4.57. The van der Waals surface area contributed by atoms with Crippen molar-refractivity contribution in [2.45, 2.75) is 44.8 Å². The van der Waals surface area contributed by atoms with Crippen LogP contribution in [0.15, 0.2) is 30.3 Å². The Balaban J connectivity index is 1.34. The van der Waals surface area contributed by atoms with E-state index in [-0.39, 0.29) is 23.6 Å². The van der Waals surface area contributed by atoms with Gasteiger partial charge in [-0.05, 0) is 25.8 Å². The molecule has 9 nitrogen and oxygen atoms in total. The summed E-state index contributed by atoms with van der Waals surface area (Å²) in [6.07, 6.45) is 1.69. The number of benzene rings is 1. The lowest BCUT2D eigenvalue weighted by Crippen LogP contribution is -2.47. The minimum atomic E-state index is -0.708. The third-order valence-corrected chi connectivity index (χ3v) is 5.89. The standard InChI is InChI=1S/C21H22FN7O2/c1-12-11-18-27(2)21(31)15(9-10-28(18)25-12)23-20(30)19-24-17-8-7-16(29(17)26-19)13-5-3-4-6-14(13)22/h3-6,11,15-16H,7-10H2,1-2H3,(H,23,30)/t15-,16?/m0/s1. The van der Waals surface area contributed by atoms with Crippen LogP contribution in [-0.4, -0.2) is 49.4 Å². The van der Waals surface area contributed by atoms with Gasteiger partial charge in [0.05, 0.1) is 11.7 Å². The van der Waals surface area contributed by atoms with E-state index in [0.717, 1.165) is 5.69 Å². The molecule has 0 aliphatic carbocycles. The Morgan fingerprint density at radius 3 is 2.84 bits per heavy atom. The molecule has 2 atom stereocenters. The van der Waals surface area contributed by atoms with Gasteiger partial charge in [-0.15, -0.1) is 5.10 Å². The first kappa shape index (κ1) is 19.4. The van der Waals surface area contributed by atoms with E-state index in [2.05, 4.69) is 20.5 Å². The fourth-order valence-electron chi connectivity index (χ4n) is 4.34. The molecule has 10 heteroatoms. The molecule has 160 valence electrons. The van der Waals surface area contributed by atoms with Crippen molar-refractivity contribution in [3.8, 4) is 0 Å². The number of nitrogens with one attached hydrogen (secondary N) is 1. The first-order chi connectivity index (χ1) is 14.9. The molecule has 0 fully saturated rings. The molecule has 2 aromatic heterocycles. The number of aryl methyl sites for hydroxylation is 3. The minimum Gasteiger partial charge on any atom is -0.337 e. The van der Waals surface area contributed by atoms with Crippen LogP contribution in [0, 0.1) is 12.7 Å². The van der Waals surface area contributed by atoms with Crippen molar-refractivity contribution in [2.75, 3.05) is 11.9 Å². The maximum absolute atomic E-state index is 14.2. The van der Waals surface area contributed by atoms with E-state index in [4.69, 9.17) is 0 Å². The van der Waals surface area contributed by atoms with Crippen LogP contribution in [0.3, 0.4) is 0 Å². The summed E-state index contributed by atoms with van der Waals surface area (Å²) in [6, 6.07) is 7.40. The smallest absolute Gasteiger partial charge is 0.291 e. The van der Waals surface area contributed by atoms with Gasteiger partial charge in [0.25, 0.3) is 11.8 Å². The molecule has 2 aliphatic heterocycles. The van der Waals surface area contributed by atoms with Gasteiger partial charge in [-0.25, -0.2) is 18.7 Å². The Hall–Kier alpha value is -3.56. The third kappa shape index (κ3) is 3.28. The lowest BCUT2D eigenvalue weighted by atomic mass is 10.0. The molecule has 5 rings (SSSR count). The average Bonchev–Trinajstić information content (AvgIpc) is 3.42. The number of carbonyl (C=O) groups excluding carboxylic acids is 2. The quantitative estimate of drug-likeness (QED) is 0.691. The largest absolute Gasteiger partial charge is 0.337 e. The molecular weight excluding hydrogens is 401 g/mol. The van der Waals surface area contributed by atoms with E-state index in [9.17, 15) is 14.0 Å². The molecule has 4 heterocycles. The van der Waals surface area contributed by atoms with Gasteiger partial charge in [0, 0.05) is 31.6 Å². The highest BCUT2D eigenvalue weighted by Gasteiger charge is 2.33. The van der Waals surface area contributed by atoms with Crippen molar-refractivity contribution >= 4 is 17.6 Å². The zero-order valence-corrected chi connectivity index (χ0v) is 17.2. The van der Waals surface area contributed by atoms with Gasteiger partial charge in [0.2, 0.25) is 5.82 Å². The summed E-state index contributed by atoms with van der Waals surface area (Å²) >= 11 is 0. The van der Waals surface area contributed by atoms with Crippen molar-refractivity contribution < 1.29 is 14.0 Å². The number of fused-ring (bicyclic) bond motifs is 2. The monoisotopic (exact) mass is 423 g/mol. The predicted molar refractivity (Wildman–Crippen MR) is 109 cm³/mol. The SMILES string of the molecule is Cc1cc2n(n1)CC[C@H](NC(=O)c1nc3n(n1)C(c1ccccc1F)CC3)C(=O)N2C. The minimum absolute atomic E-state index is 0.00989. The first-order valence-electron chi connectivity index (χ1n) is 10.2. The fraction of sp³-hybridized carbons (Fsp3) is 0.381. The molecule has 0 saturated heterocycles. The number of nitrogens with zero attached hydrogens (tertiary/aromatic N) is 6. The second kappa shape index (κ2) is 7.29. The molecule has 1 N–H and O–H groups in total. The summed E-state index contributed by atoms with van der Waals surface area (Å²) in [4.78, 5) is 31.6. The normalized spacial score (nSPS) is 20.4. The summed E-state index contributed by atoms with van der Waals surface area (Å²) < 4.78 is 17.6. The van der Waals surface area contributed by atoms with Crippen LogP contribution in [0.25, 0.3) is 0 Å². The molecule has 0 radical (unpaired) electrons. The first-order valence-corrected chi connectivity index (χ1v) is 10.2. The summed E-state index contributed by atoms with van der Waals surface area (Å²) in [7, 11) is 1.67. The second-order valence-corrected chi connectivity index (χ2v) is 7.95. The van der Waals surface area contributed by atoms with E-state index >= 15 is 0 Å². The zero-order valence-electron chi connectivity index (χ0n) is 17.2. The molecule has 0 bridgehead atoms. The van der Waals surface area contributed by atoms with Gasteiger partial charge in [0.1, 0.15) is 23.5 Å². The van der Waals surface area contributed by atoms with Crippen molar-refractivity contribution in [1.29, 1.82) is 0 Å². The highest BCUT2D eigenvalue weighted by atomic mass is 19.1. The van der Waals surface area contributed by atoms with Crippen molar-refractivity contribution in [3.63, 3.8) is 0 Å². The topological polar surface area (TPSA) is 97.9 Å². The average molecular weight is 423 g/mol. The van der Waals surface area contributed by atoms with Gasteiger partial charge in [-0.1, -0.05) is 18.2 Å². The van der Waals surface area contributed by atoms with Gasteiger partial charge in [-0.2, -0.15) is 5.10 Å². The second-order valence-electron chi connectivity index (χ2n) is 7.95. The van der Waals surface area contributed by atoms with Crippen LogP contribution in [0.5, 0.6) is 0 Å². The number of likely N-dealkylation sites (N-methyl/N-ethyl adjacent to an activating group) is 1. The van der Waals surface area contributed by atoms with Crippen LogP contribution >= 0.6 is 0 Å². The molecule has 1 unspecified atom stereocenters. The number of hydrogen-bond acceptors (Lipinski definition) is 5. The number of aromatic nitrogens is 5. The van der Waals surface area contributed by atoms with E-state index in [1.54, 1.807) is 34.6 Å². The molecular formula is C21H22FN7O2. The molecule has 2 aliphatic rings. The van der Waals surface area contributed by atoms with Crippen molar-refractivity contribution in [3.05, 3.63) is 59.1 Å². The van der Waals surface area contributed by atoms with Crippen molar-refractivity contribution in [1.82, 2.24) is 29.9 Å². The fourth-order valence-corrected chi connectivity index (χ4v) is 4.34. The molecule has 31 heavy (non-hydrogen) atoms. The predicted octanol–water partition coefficient (Wildman–Crippen LogP) is 1.62. The molecule has 0 saturated carbocycles. The molecule has 3 aromatic rings. The third-order valence-electron chi connectivity index (χ3n) is 5.89. The van der Waals surface area contributed by atoms with Crippen LogP contribution in [0.4, 0.5) is 10.2 Å². The number of carbonyl (C=O) groups is 2. The number of anilines is 1. The van der Waals surface area contributed by atoms with E-state index in [1.807, 2.05) is 13.0 Å². The number of amides is 2. The van der Waals surface area contributed by atoms with E-state index < -0.39 is 11.9 Å². The molecule has 0 spiro atoms. The lowest BCUT2D eigenvalue weighted by molar-refractivity contribution is -0.120. The van der Waals surface area contributed by atoms with E-state index in [0.29, 0.717) is 43.0 Å². The van der Waals surface area contributed by atoms with Gasteiger partial charge in [-0.3, -0.25) is 14.5 Å². The highest BCUT2D eigenvalue weighted by molar-refractivity contribution is 6.00. The van der Waals surface area contributed by atoms with Gasteiger partial charge >= 0.3 is 0 Å². The van der Waals surface area contributed by atoms with Crippen LogP contribution < -0.4 is 10.2 Å². The van der Waals surface area contributed by atoms with Crippen LogP contribution in [-0.2, 0) is 17.8 Å². The number of rotatable bonds is 3. The van der Waals surface area contributed by atoms with E-state index in [1.165, 1.54) is 11.0 Å². The zero-order chi connectivity index (χ0) is 21.7. The Bertz CT molecular complexity index is 1180. The number of halogens is 1. The van der Waals surface area contributed by atoms with Gasteiger partial charge < -0.3 is 5.32 Å². The maximum atomic E-state index is 14.2. The Morgan fingerprint density at radius 2 is 2.03 bits per heavy atom. The maximum Gasteiger partial charge on any atom is 0.291 e. The van der Waals surface area contributed by atoms with Crippen LogP contribution in [0.1, 0.15) is 46.6 Å². The Labute approximate surface area is 177 Å². The molecule has 2 amide bonds.